The zero-order chi connectivity index (χ0) is 19.2. The van der Waals surface area contributed by atoms with Crippen LogP contribution in [0.1, 0.15) is 12.5 Å². The Labute approximate surface area is 145 Å². The lowest BCUT2D eigenvalue weighted by Crippen LogP contribution is -2.47. The molecule has 0 radical (unpaired) electrons. The first-order valence-electron chi connectivity index (χ1n) is 7.90. The van der Waals surface area contributed by atoms with Crippen LogP contribution in [0.3, 0.4) is 0 Å². The average molecular weight is 376 g/mol. The molecule has 1 aromatic rings. The first-order valence-corrected chi connectivity index (χ1v) is 7.90. The topological polar surface area (TPSA) is 184 Å². The Kier molecular flexibility index (Phi) is 5.28. The van der Waals surface area contributed by atoms with Gasteiger partial charge in [0.15, 0.2) is 12.5 Å². The number of ether oxygens (including phenoxy) is 2. The number of aromatic nitrogens is 2. The highest BCUT2D eigenvalue weighted by Crippen LogP contribution is 2.29. The summed E-state index contributed by atoms with van der Waals surface area (Å²) in [6.45, 7) is -1.24. The van der Waals surface area contributed by atoms with Crippen LogP contribution in [0, 0.1) is 0 Å². The van der Waals surface area contributed by atoms with E-state index in [1.54, 1.807) is 0 Å². The SMILES string of the molecule is O=c1ccn([C@@H]2O[C@H](CO)[C@@H](O)[C@H]2O)c(=O)n1C1O[C@H](CO)[C@@H](O)[C@H]1O. The summed E-state index contributed by atoms with van der Waals surface area (Å²) >= 11 is 0. The fraction of sp³-hybridized carbons (Fsp3) is 0.714. The van der Waals surface area contributed by atoms with E-state index in [0.29, 0.717) is 4.57 Å². The summed E-state index contributed by atoms with van der Waals surface area (Å²) in [5.41, 5.74) is -1.89. The molecule has 0 amide bonds. The highest BCUT2D eigenvalue weighted by molar-refractivity contribution is 4.98. The van der Waals surface area contributed by atoms with Crippen molar-refractivity contribution in [1.29, 1.82) is 0 Å². The number of nitrogens with zero attached hydrogens (tertiary/aromatic N) is 2. The van der Waals surface area contributed by atoms with Gasteiger partial charge in [0.05, 0.1) is 13.2 Å². The number of aliphatic hydroxyl groups excluding tert-OH is 6. The van der Waals surface area contributed by atoms with Crippen molar-refractivity contribution < 1.29 is 40.1 Å². The predicted molar refractivity (Wildman–Crippen MR) is 81.0 cm³/mol. The molecule has 3 rings (SSSR count). The van der Waals surface area contributed by atoms with Crippen molar-refractivity contribution in [1.82, 2.24) is 9.13 Å². The first-order chi connectivity index (χ1) is 12.3. The Morgan fingerprint density at radius 1 is 0.846 bits per heavy atom. The molecule has 0 aliphatic carbocycles. The lowest BCUT2D eigenvalue weighted by atomic mass is 10.1. The van der Waals surface area contributed by atoms with Gasteiger partial charge in [-0.2, -0.15) is 0 Å². The van der Waals surface area contributed by atoms with Gasteiger partial charge in [0, 0.05) is 12.3 Å². The summed E-state index contributed by atoms with van der Waals surface area (Å²) in [7, 11) is 0. The van der Waals surface area contributed by atoms with Gasteiger partial charge < -0.3 is 40.1 Å². The van der Waals surface area contributed by atoms with Gasteiger partial charge in [0.2, 0.25) is 0 Å². The largest absolute Gasteiger partial charge is 0.394 e. The monoisotopic (exact) mass is 376 g/mol. The Hall–Kier alpha value is -1.64. The standard InChI is InChI=1S/C14H20N2O10/c17-3-5-8(20)10(22)12(25-5)15-2-1-7(19)16(14(15)24)13-11(23)9(21)6(4-18)26-13/h1-2,5-6,8-13,17-18,20-23H,3-4H2/t5-,6-,8-,9-,10-,11-,12-,13?/m1/s1. The zero-order valence-corrected chi connectivity index (χ0v) is 13.4. The van der Waals surface area contributed by atoms with E-state index in [1.807, 2.05) is 0 Å². The minimum Gasteiger partial charge on any atom is -0.394 e. The molecule has 146 valence electrons. The van der Waals surface area contributed by atoms with E-state index >= 15 is 0 Å². The summed E-state index contributed by atoms with van der Waals surface area (Å²) in [6.07, 6.45) is -10.4. The van der Waals surface area contributed by atoms with Gasteiger partial charge in [0.25, 0.3) is 5.56 Å². The fourth-order valence-electron chi connectivity index (χ4n) is 3.14. The molecule has 12 nitrogen and oxygen atoms in total. The van der Waals surface area contributed by atoms with Gasteiger partial charge in [-0.3, -0.25) is 9.36 Å². The van der Waals surface area contributed by atoms with E-state index < -0.39 is 73.5 Å². The molecule has 8 atom stereocenters. The van der Waals surface area contributed by atoms with E-state index in [-0.39, 0.29) is 0 Å². The van der Waals surface area contributed by atoms with Gasteiger partial charge >= 0.3 is 5.69 Å². The quantitative estimate of drug-likeness (QED) is 0.298. The van der Waals surface area contributed by atoms with Crippen molar-refractivity contribution in [3.8, 4) is 0 Å². The third-order valence-electron chi connectivity index (χ3n) is 4.61. The maximum atomic E-state index is 12.7. The van der Waals surface area contributed by atoms with Crippen LogP contribution in [0.15, 0.2) is 21.9 Å². The van der Waals surface area contributed by atoms with Crippen molar-refractivity contribution in [2.24, 2.45) is 0 Å². The zero-order valence-electron chi connectivity index (χ0n) is 13.4. The Balaban J connectivity index is 2.01. The minimum absolute atomic E-state index is 0.512. The third kappa shape index (κ3) is 2.90. The van der Waals surface area contributed by atoms with E-state index in [0.717, 1.165) is 16.8 Å². The van der Waals surface area contributed by atoms with Crippen molar-refractivity contribution in [2.75, 3.05) is 13.2 Å². The van der Waals surface area contributed by atoms with Crippen LogP contribution >= 0.6 is 0 Å². The number of aliphatic hydroxyl groups is 6. The molecule has 2 saturated heterocycles. The summed E-state index contributed by atoms with van der Waals surface area (Å²) in [4.78, 5) is 24.8. The summed E-state index contributed by atoms with van der Waals surface area (Å²) in [5, 5.41) is 58.0. The van der Waals surface area contributed by atoms with Gasteiger partial charge in [0.1, 0.15) is 36.6 Å². The average Bonchev–Trinajstić information content (AvgIpc) is 3.06. The number of hydrogen-bond acceptors (Lipinski definition) is 10. The molecule has 3 heterocycles. The summed E-state index contributed by atoms with van der Waals surface area (Å²) in [6, 6.07) is 0.949. The highest BCUT2D eigenvalue weighted by atomic mass is 16.6. The molecule has 0 bridgehead atoms. The normalized spacial score (nSPS) is 40.2. The molecule has 0 aromatic carbocycles. The molecule has 6 N–H and O–H groups in total. The maximum Gasteiger partial charge on any atom is 0.335 e. The number of hydrogen-bond donors (Lipinski definition) is 6. The van der Waals surface area contributed by atoms with E-state index in [1.165, 1.54) is 0 Å². The van der Waals surface area contributed by atoms with Gasteiger partial charge in [-0.15, -0.1) is 0 Å². The van der Waals surface area contributed by atoms with E-state index in [9.17, 15) is 30.0 Å². The second-order valence-electron chi connectivity index (χ2n) is 6.17. The van der Waals surface area contributed by atoms with Crippen LogP contribution < -0.4 is 11.2 Å². The van der Waals surface area contributed by atoms with E-state index in [4.69, 9.17) is 19.7 Å². The van der Waals surface area contributed by atoms with Crippen molar-refractivity contribution in [2.45, 2.75) is 49.1 Å². The molecule has 0 saturated carbocycles. The Morgan fingerprint density at radius 2 is 1.35 bits per heavy atom. The Bertz CT molecular complexity index is 763. The van der Waals surface area contributed by atoms with Crippen LogP contribution in [-0.2, 0) is 9.47 Å². The van der Waals surface area contributed by atoms with Crippen molar-refractivity contribution >= 4 is 0 Å². The molecule has 1 aromatic heterocycles. The molecular weight excluding hydrogens is 356 g/mol. The molecule has 12 heteroatoms. The first kappa shape index (κ1) is 19.1. The third-order valence-corrected chi connectivity index (χ3v) is 4.61. The fourth-order valence-corrected chi connectivity index (χ4v) is 3.14. The highest BCUT2D eigenvalue weighted by Gasteiger charge is 2.46. The van der Waals surface area contributed by atoms with E-state index in [2.05, 4.69) is 0 Å². The maximum absolute atomic E-state index is 12.7. The minimum atomic E-state index is -1.65. The Morgan fingerprint density at radius 3 is 1.85 bits per heavy atom. The van der Waals surface area contributed by atoms with Crippen LogP contribution in [0.25, 0.3) is 0 Å². The second kappa shape index (κ2) is 7.17. The lowest BCUT2D eigenvalue weighted by molar-refractivity contribution is -0.0684. The molecular formula is C14H20N2O10. The lowest BCUT2D eigenvalue weighted by Gasteiger charge is -2.21. The predicted octanol–water partition coefficient (Wildman–Crippen LogP) is -4.77. The second-order valence-corrected chi connectivity index (χ2v) is 6.17. The molecule has 26 heavy (non-hydrogen) atoms. The smallest absolute Gasteiger partial charge is 0.335 e. The molecule has 2 aliphatic rings. The van der Waals surface area contributed by atoms with Crippen LogP contribution in [0.2, 0.25) is 0 Å². The molecule has 1 unspecified atom stereocenters. The van der Waals surface area contributed by atoms with Gasteiger partial charge in [-0.05, 0) is 0 Å². The summed E-state index contributed by atoms with van der Waals surface area (Å²) < 4.78 is 11.8. The molecule has 2 aliphatic heterocycles. The summed E-state index contributed by atoms with van der Waals surface area (Å²) in [5.74, 6) is 0. The van der Waals surface area contributed by atoms with Crippen molar-refractivity contribution in [3.63, 3.8) is 0 Å². The molecule has 0 spiro atoms. The van der Waals surface area contributed by atoms with Gasteiger partial charge in [-0.25, -0.2) is 9.36 Å². The number of rotatable bonds is 4. The van der Waals surface area contributed by atoms with Gasteiger partial charge in [-0.1, -0.05) is 0 Å². The van der Waals surface area contributed by atoms with Crippen molar-refractivity contribution in [3.05, 3.63) is 33.1 Å². The van der Waals surface area contributed by atoms with Crippen LogP contribution in [0.5, 0.6) is 0 Å². The van der Waals surface area contributed by atoms with Crippen LogP contribution in [-0.4, -0.2) is 89.6 Å². The molecule has 2 fully saturated rings. The van der Waals surface area contributed by atoms with Crippen LogP contribution in [0.4, 0.5) is 0 Å².